The Morgan fingerprint density at radius 2 is 2.11 bits per heavy atom. The Hall–Kier alpha value is -2.36. The normalized spacial score (nSPS) is 11.1. The summed E-state index contributed by atoms with van der Waals surface area (Å²) in [5, 5.41) is 1.07. The van der Waals surface area contributed by atoms with Crippen molar-refractivity contribution in [3.05, 3.63) is 42.2 Å². The van der Waals surface area contributed by atoms with Crippen LogP contribution in [-0.4, -0.2) is 14.5 Å². The van der Waals surface area contributed by atoms with Crippen LogP contribution in [0.15, 0.2) is 36.7 Å². The molecule has 2 N–H and O–H groups in total. The average Bonchev–Trinajstić information content (AvgIpc) is 2.84. The van der Waals surface area contributed by atoms with Crippen LogP contribution in [0.5, 0.6) is 0 Å². The first-order chi connectivity index (χ1) is 9.19. The van der Waals surface area contributed by atoms with Gasteiger partial charge in [-0.25, -0.2) is 9.97 Å². The molecule has 3 aromatic rings. The van der Waals surface area contributed by atoms with Crippen molar-refractivity contribution in [2.45, 2.75) is 20.4 Å². The van der Waals surface area contributed by atoms with Crippen LogP contribution < -0.4 is 5.73 Å². The Morgan fingerprint density at radius 1 is 1.26 bits per heavy atom. The number of hydrogen-bond donors (Lipinski definition) is 1. The van der Waals surface area contributed by atoms with Crippen molar-refractivity contribution in [3.8, 4) is 11.4 Å². The molecule has 0 fully saturated rings. The number of nitrogen functional groups attached to an aromatic ring is 1. The minimum Gasteiger partial charge on any atom is -0.399 e. The second-order valence-corrected chi connectivity index (χ2v) is 4.65. The molecule has 4 heteroatoms. The van der Waals surface area contributed by atoms with Crippen molar-refractivity contribution in [3.63, 3.8) is 0 Å². The lowest BCUT2D eigenvalue weighted by Gasteiger charge is -2.05. The third kappa shape index (κ3) is 1.95. The van der Waals surface area contributed by atoms with Crippen molar-refractivity contribution in [2.75, 3.05) is 5.73 Å². The van der Waals surface area contributed by atoms with Crippen molar-refractivity contribution >= 4 is 16.7 Å². The van der Waals surface area contributed by atoms with Gasteiger partial charge in [-0.3, -0.25) is 0 Å². The molecule has 2 aromatic heterocycles. The minimum atomic E-state index is 0.740. The van der Waals surface area contributed by atoms with Gasteiger partial charge in [-0.05, 0) is 43.7 Å². The summed E-state index contributed by atoms with van der Waals surface area (Å²) in [6.45, 7) is 5.00. The maximum atomic E-state index is 5.84. The molecule has 19 heavy (non-hydrogen) atoms. The van der Waals surface area contributed by atoms with Crippen molar-refractivity contribution in [2.24, 2.45) is 0 Å². The molecule has 3 rings (SSSR count). The fourth-order valence-electron chi connectivity index (χ4n) is 2.18. The van der Waals surface area contributed by atoms with Gasteiger partial charge in [0.2, 0.25) is 0 Å². The van der Waals surface area contributed by atoms with E-state index in [1.54, 1.807) is 0 Å². The number of nitrogens with two attached hydrogens (primary N) is 1. The summed E-state index contributed by atoms with van der Waals surface area (Å²) in [6, 6.07) is 7.92. The van der Waals surface area contributed by atoms with Gasteiger partial charge in [0.1, 0.15) is 5.65 Å². The number of aryl methyl sites for hydroxylation is 2. The summed E-state index contributed by atoms with van der Waals surface area (Å²) in [5.74, 6) is 0.740. The third-order valence-electron chi connectivity index (χ3n) is 3.37. The predicted molar refractivity (Wildman–Crippen MR) is 77.8 cm³/mol. The van der Waals surface area contributed by atoms with E-state index in [2.05, 4.69) is 21.5 Å². The Labute approximate surface area is 111 Å². The first-order valence-electron chi connectivity index (χ1n) is 6.37. The molecule has 0 saturated carbocycles. The number of fused-ring (bicyclic) bond motifs is 1. The van der Waals surface area contributed by atoms with Crippen molar-refractivity contribution < 1.29 is 0 Å². The molecule has 0 spiro atoms. The van der Waals surface area contributed by atoms with E-state index in [-0.39, 0.29) is 0 Å². The maximum absolute atomic E-state index is 5.84. The van der Waals surface area contributed by atoms with Gasteiger partial charge in [-0.1, -0.05) is 0 Å². The van der Waals surface area contributed by atoms with Gasteiger partial charge in [0.25, 0.3) is 0 Å². The molecule has 0 bridgehead atoms. The first-order valence-corrected chi connectivity index (χ1v) is 6.37. The highest BCUT2D eigenvalue weighted by molar-refractivity contribution is 5.77. The molecule has 4 nitrogen and oxygen atoms in total. The molecular weight excluding hydrogens is 236 g/mol. The summed E-state index contributed by atoms with van der Waals surface area (Å²) in [4.78, 5) is 9.09. The van der Waals surface area contributed by atoms with Crippen LogP contribution in [0.1, 0.15) is 12.5 Å². The molecule has 0 radical (unpaired) electrons. The zero-order valence-electron chi connectivity index (χ0n) is 11.1. The fourth-order valence-corrected chi connectivity index (χ4v) is 2.18. The second-order valence-electron chi connectivity index (χ2n) is 4.65. The Kier molecular flexibility index (Phi) is 2.71. The van der Waals surface area contributed by atoms with Crippen LogP contribution >= 0.6 is 0 Å². The smallest absolute Gasteiger partial charge is 0.161 e. The van der Waals surface area contributed by atoms with E-state index in [0.717, 1.165) is 40.2 Å². The third-order valence-corrected chi connectivity index (χ3v) is 3.37. The van der Waals surface area contributed by atoms with E-state index in [0.29, 0.717) is 0 Å². The van der Waals surface area contributed by atoms with Gasteiger partial charge in [-0.15, -0.1) is 0 Å². The fraction of sp³-hybridized carbons (Fsp3) is 0.200. The molecule has 0 unspecified atom stereocenters. The highest BCUT2D eigenvalue weighted by Crippen LogP contribution is 2.22. The van der Waals surface area contributed by atoms with Gasteiger partial charge >= 0.3 is 0 Å². The largest absolute Gasteiger partial charge is 0.399 e. The zero-order valence-corrected chi connectivity index (χ0v) is 11.1. The van der Waals surface area contributed by atoms with Crippen LogP contribution in [0.25, 0.3) is 22.4 Å². The Balaban J connectivity index is 2.16. The average molecular weight is 252 g/mol. The SMILES string of the molecule is CCn1ccc2cnc(-c3ccc(N)c(C)c3)nc21. The lowest BCUT2D eigenvalue weighted by molar-refractivity contribution is 0.787. The Morgan fingerprint density at radius 3 is 2.84 bits per heavy atom. The number of hydrogen-bond acceptors (Lipinski definition) is 3. The van der Waals surface area contributed by atoms with E-state index in [4.69, 9.17) is 5.73 Å². The summed E-state index contributed by atoms with van der Waals surface area (Å²) in [6.07, 6.45) is 3.91. The van der Waals surface area contributed by atoms with Crippen LogP contribution in [0.2, 0.25) is 0 Å². The summed E-state index contributed by atoms with van der Waals surface area (Å²) >= 11 is 0. The number of nitrogens with zero attached hydrogens (tertiary/aromatic N) is 3. The van der Waals surface area contributed by atoms with E-state index in [9.17, 15) is 0 Å². The maximum Gasteiger partial charge on any atom is 0.161 e. The number of rotatable bonds is 2. The lowest BCUT2D eigenvalue weighted by atomic mass is 10.1. The van der Waals surface area contributed by atoms with Gasteiger partial charge in [0.05, 0.1) is 0 Å². The summed E-state index contributed by atoms with van der Waals surface area (Å²) in [7, 11) is 0. The standard InChI is InChI=1S/C15H16N4/c1-3-19-7-6-12-9-17-14(18-15(12)19)11-4-5-13(16)10(2)8-11/h4-9H,3,16H2,1-2H3. The highest BCUT2D eigenvalue weighted by Gasteiger charge is 2.07. The topological polar surface area (TPSA) is 56.7 Å². The summed E-state index contributed by atoms with van der Waals surface area (Å²) < 4.78 is 2.12. The number of aromatic nitrogens is 3. The van der Waals surface area contributed by atoms with E-state index in [1.807, 2.05) is 43.6 Å². The van der Waals surface area contributed by atoms with Gasteiger partial charge in [0.15, 0.2) is 5.82 Å². The molecule has 0 aliphatic heterocycles. The van der Waals surface area contributed by atoms with Gasteiger partial charge in [0, 0.05) is 35.6 Å². The molecule has 0 saturated heterocycles. The van der Waals surface area contributed by atoms with Crippen molar-refractivity contribution in [1.82, 2.24) is 14.5 Å². The second kappa shape index (κ2) is 4.39. The summed E-state index contributed by atoms with van der Waals surface area (Å²) in [5.41, 5.74) is 9.65. The van der Waals surface area contributed by atoms with Crippen LogP contribution in [-0.2, 0) is 6.54 Å². The van der Waals surface area contributed by atoms with Gasteiger partial charge < -0.3 is 10.3 Å². The monoisotopic (exact) mass is 252 g/mol. The first kappa shape index (κ1) is 11.7. The van der Waals surface area contributed by atoms with E-state index < -0.39 is 0 Å². The Bertz CT molecular complexity index is 743. The molecule has 1 aromatic carbocycles. The molecule has 96 valence electrons. The molecule has 0 atom stereocenters. The zero-order chi connectivity index (χ0) is 13.4. The van der Waals surface area contributed by atoms with E-state index >= 15 is 0 Å². The quantitative estimate of drug-likeness (QED) is 0.713. The number of benzene rings is 1. The van der Waals surface area contributed by atoms with Gasteiger partial charge in [-0.2, -0.15) is 0 Å². The van der Waals surface area contributed by atoms with Crippen LogP contribution in [0, 0.1) is 6.92 Å². The molecule has 0 aliphatic rings. The van der Waals surface area contributed by atoms with Crippen LogP contribution in [0.3, 0.4) is 0 Å². The van der Waals surface area contributed by atoms with Crippen LogP contribution in [0.4, 0.5) is 5.69 Å². The molecular formula is C15H16N4. The molecule has 0 amide bonds. The molecule has 0 aliphatic carbocycles. The predicted octanol–water partition coefficient (Wildman–Crippen LogP) is 3.01. The van der Waals surface area contributed by atoms with E-state index in [1.165, 1.54) is 0 Å². The van der Waals surface area contributed by atoms with Crippen molar-refractivity contribution in [1.29, 1.82) is 0 Å². The minimum absolute atomic E-state index is 0.740. The highest BCUT2D eigenvalue weighted by atomic mass is 15.0. The number of anilines is 1. The lowest BCUT2D eigenvalue weighted by Crippen LogP contribution is -1.97. The molecule has 2 heterocycles.